The first-order valence-electron chi connectivity index (χ1n) is 8.12. The van der Waals surface area contributed by atoms with Crippen LogP contribution in [0.1, 0.15) is 16.7 Å². The van der Waals surface area contributed by atoms with Crippen molar-refractivity contribution in [3.05, 3.63) is 70.1 Å². The molecular formula is C20H18N2O3S. The maximum atomic E-state index is 12.5. The number of hydrogen-bond acceptors (Lipinski definition) is 4. The van der Waals surface area contributed by atoms with Gasteiger partial charge in [0, 0.05) is 5.69 Å². The number of benzene rings is 2. The molecule has 0 aromatic heterocycles. The number of amides is 3. The average molecular weight is 366 g/mol. The van der Waals surface area contributed by atoms with E-state index in [1.54, 1.807) is 12.1 Å². The summed E-state index contributed by atoms with van der Waals surface area (Å²) in [5.74, 6) is -0.845. The first-order valence-corrected chi connectivity index (χ1v) is 8.94. The lowest BCUT2D eigenvalue weighted by Gasteiger charge is -2.13. The molecule has 0 spiro atoms. The highest BCUT2D eigenvalue weighted by Crippen LogP contribution is 2.32. The molecule has 1 aliphatic heterocycles. The van der Waals surface area contributed by atoms with Gasteiger partial charge in [-0.25, -0.2) is 0 Å². The van der Waals surface area contributed by atoms with Crippen LogP contribution in [0.4, 0.5) is 10.5 Å². The first kappa shape index (κ1) is 17.9. The van der Waals surface area contributed by atoms with Gasteiger partial charge < -0.3 is 5.32 Å². The summed E-state index contributed by atoms with van der Waals surface area (Å²) in [4.78, 5) is 38.2. The maximum absolute atomic E-state index is 12.5. The number of hydrogen-bond donors (Lipinski definition) is 1. The molecule has 1 saturated heterocycles. The van der Waals surface area contributed by atoms with E-state index in [1.165, 1.54) is 0 Å². The van der Waals surface area contributed by atoms with E-state index in [-0.39, 0.29) is 6.54 Å². The zero-order valence-electron chi connectivity index (χ0n) is 14.5. The Bertz CT molecular complexity index is 921. The van der Waals surface area contributed by atoms with Crippen LogP contribution >= 0.6 is 11.8 Å². The third-order valence-electron chi connectivity index (χ3n) is 4.07. The van der Waals surface area contributed by atoms with Crippen LogP contribution in [-0.4, -0.2) is 28.5 Å². The number of aryl methyl sites for hydroxylation is 2. The van der Waals surface area contributed by atoms with Crippen molar-refractivity contribution < 1.29 is 14.4 Å². The van der Waals surface area contributed by atoms with Crippen molar-refractivity contribution in [3.8, 4) is 0 Å². The standard InChI is InChI=1S/C20H18N2O3S/c1-13-7-3-5-9-15(13)11-17-19(24)22(20(25)26-17)12-18(23)21-16-10-6-4-8-14(16)2/h3-11H,12H2,1-2H3,(H,21,23)/b17-11+. The first-order chi connectivity index (χ1) is 12.5. The lowest BCUT2D eigenvalue weighted by Crippen LogP contribution is -2.36. The molecule has 0 aliphatic carbocycles. The van der Waals surface area contributed by atoms with Gasteiger partial charge in [-0.05, 0) is 54.4 Å². The summed E-state index contributed by atoms with van der Waals surface area (Å²) < 4.78 is 0. The number of thioether (sulfide) groups is 1. The molecule has 0 bridgehead atoms. The Morgan fingerprint density at radius 3 is 2.38 bits per heavy atom. The molecule has 1 N–H and O–H groups in total. The number of anilines is 1. The van der Waals surface area contributed by atoms with Crippen LogP contribution < -0.4 is 5.32 Å². The van der Waals surface area contributed by atoms with Crippen molar-refractivity contribution in [1.82, 2.24) is 4.90 Å². The number of nitrogens with one attached hydrogen (secondary N) is 1. The number of nitrogens with zero attached hydrogens (tertiary/aromatic N) is 1. The third-order valence-corrected chi connectivity index (χ3v) is 4.98. The zero-order valence-corrected chi connectivity index (χ0v) is 15.3. The highest BCUT2D eigenvalue weighted by Gasteiger charge is 2.36. The van der Waals surface area contributed by atoms with E-state index in [4.69, 9.17) is 0 Å². The Morgan fingerprint density at radius 2 is 1.69 bits per heavy atom. The predicted octanol–water partition coefficient (Wildman–Crippen LogP) is 3.98. The van der Waals surface area contributed by atoms with Gasteiger partial charge in [-0.3, -0.25) is 19.3 Å². The Morgan fingerprint density at radius 1 is 1.04 bits per heavy atom. The fourth-order valence-corrected chi connectivity index (χ4v) is 3.40. The second-order valence-corrected chi connectivity index (χ2v) is 6.98. The molecule has 6 heteroatoms. The van der Waals surface area contributed by atoms with E-state index >= 15 is 0 Å². The van der Waals surface area contributed by atoms with Crippen LogP contribution in [0.3, 0.4) is 0 Å². The normalized spacial score (nSPS) is 15.6. The largest absolute Gasteiger partial charge is 0.324 e. The van der Waals surface area contributed by atoms with Crippen LogP contribution in [0.5, 0.6) is 0 Å². The molecule has 1 aliphatic rings. The molecule has 0 radical (unpaired) electrons. The number of rotatable bonds is 4. The molecule has 132 valence electrons. The third kappa shape index (κ3) is 3.86. The number of imide groups is 1. The van der Waals surface area contributed by atoms with Crippen molar-refractivity contribution in [2.45, 2.75) is 13.8 Å². The maximum Gasteiger partial charge on any atom is 0.294 e. The van der Waals surface area contributed by atoms with Crippen LogP contribution in [0, 0.1) is 13.8 Å². The number of para-hydroxylation sites is 1. The molecule has 0 unspecified atom stereocenters. The lowest BCUT2D eigenvalue weighted by molar-refractivity contribution is -0.127. The van der Waals surface area contributed by atoms with Gasteiger partial charge in [-0.15, -0.1) is 0 Å². The van der Waals surface area contributed by atoms with E-state index in [1.807, 2.05) is 56.3 Å². The molecule has 2 aromatic rings. The van der Waals surface area contributed by atoms with Crippen LogP contribution in [0.2, 0.25) is 0 Å². The molecule has 1 heterocycles. The van der Waals surface area contributed by atoms with Crippen molar-refractivity contribution in [3.63, 3.8) is 0 Å². The van der Waals surface area contributed by atoms with Crippen LogP contribution in [0.25, 0.3) is 6.08 Å². The highest BCUT2D eigenvalue weighted by atomic mass is 32.2. The van der Waals surface area contributed by atoms with Gasteiger partial charge in [0.2, 0.25) is 5.91 Å². The summed E-state index contributed by atoms with van der Waals surface area (Å²) in [5.41, 5.74) is 3.47. The second kappa shape index (κ2) is 7.58. The molecule has 0 atom stereocenters. The minimum absolute atomic E-state index is 0.301. The summed E-state index contributed by atoms with van der Waals surface area (Å²) in [6.07, 6.45) is 1.69. The monoisotopic (exact) mass is 366 g/mol. The predicted molar refractivity (Wildman–Crippen MR) is 104 cm³/mol. The molecule has 26 heavy (non-hydrogen) atoms. The van der Waals surface area contributed by atoms with Gasteiger partial charge in [0.25, 0.3) is 11.1 Å². The zero-order chi connectivity index (χ0) is 18.7. The van der Waals surface area contributed by atoms with Gasteiger partial charge in [-0.1, -0.05) is 42.5 Å². The van der Waals surface area contributed by atoms with E-state index in [0.29, 0.717) is 10.6 Å². The molecular weight excluding hydrogens is 348 g/mol. The average Bonchev–Trinajstić information content (AvgIpc) is 2.86. The molecule has 3 amide bonds. The topological polar surface area (TPSA) is 66.5 Å². The molecule has 2 aromatic carbocycles. The Labute approximate surface area is 156 Å². The Hall–Kier alpha value is -2.86. The lowest BCUT2D eigenvalue weighted by atomic mass is 10.1. The fourth-order valence-electron chi connectivity index (χ4n) is 2.57. The smallest absolute Gasteiger partial charge is 0.294 e. The minimum atomic E-state index is -0.441. The summed E-state index contributed by atoms with van der Waals surface area (Å²) in [6.45, 7) is 3.51. The van der Waals surface area contributed by atoms with Gasteiger partial charge in [0.15, 0.2) is 0 Å². The summed E-state index contributed by atoms with van der Waals surface area (Å²) in [6, 6.07) is 14.9. The van der Waals surface area contributed by atoms with E-state index in [2.05, 4.69) is 5.32 Å². The van der Waals surface area contributed by atoms with Crippen molar-refractivity contribution in [2.75, 3.05) is 11.9 Å². The minimum Gasteiger partial charge on any atom is -0.324 e. The van der Waals surface area contributed by atoms with Crippen LogP contribution in [0.15, 0.2) is 53.4 Å². The highest BCUT2D eigenvalue weighted by molar-refractivity contribution is 8.18. The molecule has 3 rings (SSSR count). The van der Waals surface area contributed by atoms with E-state index in [9.17, 15) is 14.4 Å². The summed E-state index contributed by atoms with van der Waals surface area (Å²) in [5, 5.41) is 2.30. The fraction of sp³-hybridized carbons (Fsp3) is 0.150. The van der Waals surface area contributed by atoms with E-state index < -0.39 is 17.1 Å². The molecule has 5 nitrogen and oxygen atoms in total. The Kier molecular flexibility index (Phi) is 5.23. The summed E-state index contributed by atoms with van der Waals surface area (Å²) in [7, 11) is 0. The SMILES string of the molecule is Cc1ccccc1/C=C1/SC(=O)N(CC(=O)Nc2ccccc2C)C1=O. The second-order valence-electron chi connectivity index (χ2n) is 5.99. The van der Waals surface area contributed by atoms with Crippen molar-refractivity contribution in [1.29, 1.82) is 0 Å². The van der Waals surface area contributed by atoms with Gasteiger partial charge in [0.05, 0.1) is 4.91 Å². The summed E-state index contributed by atoms with van der Waals surface area (Å²) >= 11 is 0.855. The van der Waals surface area contributed by atoms with Crippen molar-refractivity contribution >= 4 is 40.6 Å². The van der Waals surface area contributed by atoms with Crippen LogP contribution in [-0.2, 0) is 9.59 Å². The van der Waals surface area contributed by atoms with Gasteiger partial charge in [0.1, 0.15) is 6.54 Å². The number of carbonyl (C=O) groups excluding carboxylic acids is 3. The quantitative estimate of drug-likeness (QED) is 0.831. The van der Waals surface area contributed by atoms with Gasteiger partial charge in [-0.2, -0.15) is 0 Å². The molecule has 0 saturated carbocycles. The van der Waals surface area contributed by atoms with Gasteiger partial charge >= 0.3 is 0 Å². The van der Waals surface area contributed by atoms with E-state index in [0.717, 1.165) is 33.4 Å². The molecule has 1 fully saturated rings. The number of carbonyl (C=O) groups is 3. The van der Waals surface area contributed by atoms with Crippen molar-refractivity contribution in [2.24, 2.45) is 0 Å². The Balaban J connectivity index is 1.72.